The van der Waals surface area contributed by atoms with Crippen molar-refractivity contribution in [1.82, 2.24) is 9.78 Å². The van der Waals surface area contributed by atoms with Crippen LogP contribution >= 0.6 is 0 Å². The number of nitrogens with one attached hydrogen (secondary N) is 1. The van der Waals surface area contributed by atoms with Crippen LogP contribution in [0.1, 0.15) is 38.2 Å². The maximum absolute atomic E-state index is 13.2. The molecule has 130 valence electrons. The molecule has 0 radical (unpaired) electrons. The van der Waals surface area contributed by atoms with Gasteiger partial charge in [0.1, 0.15) is 5.75 Å². The monoisotopic (exact) mass is 337 g/mol. The second-order valence-corrected chi connectivity index (χ2v) is 5.91. The molecule has 1 heterocycles. The molecule has 0 spiro atoms. The molecular weight excluding hydrogens is 316 g/mol. The van der Waals surface area contributed by atoms with E-state index in [-0.39, 0.29) is 11.8 Å². The maximum atomic E-state index is 13.2. The number of rotatable bonds is 5. The van der Waals surface area contributed by atoms with Crippen molar-refractivity contribution in [3.8, 4) is 5.75 Å². The number of hydrogen-bond acceptors (Lipinski definition) is 3. The fourth-order valence-electron chi connectivity index (χ4n) is 2.38. The number of amides is 1. The normalized spacial score (nSPS) is 12.3. The summed E-state index contributed by atoms with van der Waals surface area (Å²) >= 11 is 0. The van der Waals surface area contributed by atoms with E-state index in [0.717, 1.165) is 17.8 Å². The molecule has 0 aliphatic rings. The van der Waals surface area contributed by atoms with E-state index >= 15 is 0 Å². The summed E-state index contributed by atoms with van der Waals surface area (Å²) in [5.41, 5.74) is 2.18. The molecule has 5 nitrogen and oxygen atoms in total. The molecule has 1 atom stereocenters. The molecule has 24 heavy (non-hydrogen) atoms. The van der Waals surface area contributed by atoms with Crippen molar-refractivity contribution < 1.29 is 18.3 Å². The molecule has 0 saturated heterocycles. The highest BCUT2D eigenvalue weighted by molar-refractivity contribution is 5.95. The van der Waals surface area contributed by atoms with Gasteiger partial charge in [-0.05, 0) is 46.8 Å². The van der Waals surface area contributed by atoms with Gasteiger partial charge in [0.15, 0.2) is 17.7 Å². The Kier molecular flexibility index (Phi) is 5.21. The molecule has 1 unspecified atom stereocenters. The van der Waals surface area contributed by atoms with Crippen LogP contribution in [-0.4, -0.2) is 21.8 Å². The molecule has 1 N–H and O–H groups in total. The minimum atomic E-state index is -1.02. The number of halogens is 2. The summed E-state index contributed by atoms with van der Waals surface area (Å²) in [6, 6.07) is 3.31. The molecule has 0 aliphatic heterocycles. The van der Waals surface area contributed by atoms with Crippen LogP contribution in [0.5, 0.6) is 5.75 Å². The first kappa shape index (κ1) is 17.9. The van der Waals surface area contributed by atoms with Crippen molar-refractivity contribution >= 4 is 11.6 Å². The Morgan fingerprint density at radius 3 is 2.42 bits per heavy atom. The van der Waals surface area contributed by atoms with Crippen molar-refractivity contribution in [2.75, 3.05) is 5.32 Å². The summed E-state index contributed by atoms with van der Waals surface area (Å²) in [5.74, 6) is -2.30. The van der Waals surface area contributed by atoms with Gasteiger partial charge in [-0.1, -0.05) is 0 Å². The topological polar surface area (TPSA) is 56.2 Å². The van der Waals surface area contributed by atoms with Crippen LogP contribution in [0.25, 0.3) is 0 Å². The van der Waals surface area contributed by atoms with Gasteiger partial charge in [0.05, 0.1) is 17.1 Å². The number of nitrogens with zero attached hydrogens (tertiary/aromatic N) is 2. The van der Waals surface area contributed by atoms with Gasteiger partial charge in [-0.25, -0.2) is 8.78 Å². The molecule has 0 aliphatic carbocycles. The summed E-state index contributed by atoms with van der Waals surface area (Å²) in [6.07, 6.45) is -0.879. The first-order valence-electron chi connectivity index (χ1n) is 7.69. The molecule has 1 aromatic carbocycles. The number of benzene rings is 1. The van der Waals surface area contributed by atoms with Crippen molar-refractivity contribution in [3.63, 3.8) is 0 Å². The SMILES string of the molecule is Cc1nn(C(C)C)c(C)c1NC(=O)C(C)Oc1ccc(F)c(F)c1. The molecule has 2 rings (SSSR count). The van der Waals surface area contributed by atoms with Gasteiger partial charge < -0.3 is 10.1 Å². The van der Waals surface area contributed by atoms with Crippen LogP contribution in [0.3, 0.4) is 0 Å². The molecule has 1 aromatic heterocycles. The predicted molar refractivity (Wildman–Crippen MR) is 87.2 cm³/mol. The van der Waals surface area contributed by atoms with Crippen molar-refractivity contribution in [2.45, 2.75) is 46.8 Å². The minimum absolute atomic E-state index is 0.0860. The highest BCUT2D eigenvalue weighted by Gasteiger charge is 2.20. The first-order valence-corrected chi connectivity index (χ1v) is 7.69. The minimum Gasteiger partial charge on any atom is -0.481 e. The summed E-state index contributed by atoms with van der Waals surface area (Å²) in [6.45, 7) is 9.21. The van der Waals surface area contributed by atoms with Crippen molar-refractivity contribution in [3.05, 3.63) is 41.2 Å². The van der Waals surface area contributed by atoms with Gasteiger partial charge in [-0.3, -0.25) is 9.48 Å². The summed E-state index contributed by atoms with van der Waals surface area (Å²) in [7, 11) is 0. The molecule has 7 heteroatoms. The highest BCUT2D eigenvalue weighted by Crippen LogP contribution is 2.23. The van der Waals surface area contributed by atoms with E-state index < -0.39 is 23.6 Å². The third-order valence-electron chi connectivity index (χ3n) is 3.64. The van der Waals surface area contributed by atoms with Gasteiger partial charge in [0.2, 0.25) is 0 Å². The maximum Gasteiger partial charge on any atom is 0.265 e. The lowest BCUT2D eigenvalue weighted by molar-refractivity contribution is -0.122. The number of aromatic nitrogens is 2. The molecule has 1 amide bonds. The Balaban J connectivity index is 2.10. The van der Waals surface area contributed by atoms with E-state index in [2.05, 4.69) is 10.4 Å². The summed E-state index contributed by atoms with van der Waals surface area (Å²) in [5, 5.41) is 7.18. The zero-order valence-corrected chi connectivity index (χ0v) is 14.4. The summed E-state index contributed by atoms with van der Waals surface area (Å²) < 4.78 is 33.3. The zero-order chi connectivity index (χ0) is 18.0. The van der Waals surface area contributed by atoms with Crippen LogP contribution in [0.15, 0.2) is 18.2 Å². The van der Waals surface area contributed by atoms with E-state index in [1.165, 1.54) is 13.0 Å². The lowest BCUT2D eigenvalue weighted by atomic mass is 10.2. The molecule has 0 fully saturated rings. The van der Waals surface area contributed by atoms with E-state index in [9.17, 15) is 13.6 Å². The highest BCUT2D eigenvalue weighted by atomic mass is 19.2. The van der Waals surface area contributed by atoms with E-state index in [4.69, 9.17) is 4.74 Å². The molecule has 2 aromatic rings. The number of ether oxygens (including phenoxy) is 1. The van der Waals surface area contributed by atoms with Crippen LogP contribution in [0.2, 0.25) is 0 Å². The molecule has 0 bridgehead atoms. The van der Waals surface area contributed by atoms with Gasteiger partial charge in [0.25, 0.3) is 5.91 Å². The Hall–Kier alpha value is -2.44. The quantitative estimate of drug-likeness (QED) is 0.904. The number of carbonyl (C=O) groups is 1. The van der Waals surface area contributed by atoms with E-state index in [0.29, 0.717) is 11.4 Å². The second kappa shape index (κ2) is 6.98. The van der Waals surface area contributed by atoms with Gasteiger partial charge in [-0.2, -0.15) is 5.10 Å². The van der Waals surface area contributed by atoms with Gasteiger partial charge in [0, 0.05) is 12.1 Å². The standard InChI is InChI=1S/C17H21F2N3O2/c1-9(2)22-11(4)16(10(3)21-22)20-17(23)12(5)24-13-6-7-14(18)15(19)8-13/h6-9,12H,1-5H3,(H,20,23). The number of carbonyl (C=O) groups excluding carboxylic acids is 1. The number of anilines is 1. The van der Waals surface area contributed by atoms with Crippen LogP contribution in [0.4, 0.5) is 14.5 Å². The Morgan fingerprint density at radius 2 is 1.88 bits per heavy atom. The van der Waals surface area contributed by atoms with Crippen molar-refractivity contribution in [1.29, 1.82) is 0 Å². The molecular formula is C17H21F2N3O2. The van der Waals surface area contributed by atoms with Crippen LogP contribution in [0, 0.1) is 25.5 Å². The smallest absolute Gasteiger partial charge is 0.265 e. The average Bonchev–Trinajstić information content (AvgIpc) is 2.79. The fraction of sp³-hybridized carbons (Fsp3) is 0.412. The Bertz CT molecular complexity index is 757. The number of hydrogen-bond donors (Lipinski definition) is 1. The third kappa shape index (κ3) is 3.72. The lowest BCUT2D eigenvalue weighted by Gasteiger charge is -2.15. The van der Waals surface area contributed by atoms with Crippen molar-refractivity contribution in [2.24, 2.45) is 0 Å². The second-order valence-electron chi connectivity index (χ2n) is 5.91. The Labute approximate surface area is 139 Å². The zero-order valence-electron chi connectivity index (χ0n) is 14.4. The van der Waals surface area contributed by atoms with Crippen LogP contribution in [-0.2, 0) is 4.79 Å². The van der Waals surface area contributed by atoms with E-state index in [1.54, 1.807) is 0 Å². The number of aryl methyl sites for hydroxylation is 1. The lowest BCUT2D eigenvalue weighted by Crippen LogP contribution is -2.30. The Morgan fingerprint density at radius 1 is 1.21 bits per heavy atom. The third-order valence-corrected chi connectivity index (χ3v) is 3.64. The van der Waals surface area contributed by atoms with Gasteiger partial charge >= 0.3 is 0 Å². The largest absolute Gasteiger partial charge is 0.481 e. The van der Waals surface area contributed by atoms with Gasteiger partial charge in [-0.15, -0.1) is 0 Å². The summed E-state index contributed by atoms with van der Waals surface area (Å²) in [4.78, 5) is 12.3. The fourth-order valence-corrected chi connectivity index (χ4v) is 2.38. The van der Waals surface area contributed by atoms with E-state index in [1.807, 2.05) is 32.4 Å². The predicted octanol–water partition coefficient (Wildman–Crippen LogP) is 3.77. The average molecular weight is 337 g/mol. The first-order chi connectivity index (χ1) is 11.2. The molecule has 0 saturated carbocycles. The van der Waals surface area contributed by atoms with Crippen LogP contribution < -0.4 is 10.1 Å².